The largest absolute Gasteiger partial charge is 0.497 e. The zero-order valence-electron chi connectivity index (χ0n) is 14.5. The van der Waals surface area contributed by atoms with Gasteiger partial charge >= 0.3 is 0 Å². The number of amidine groups is 1. The van der Waals surface area contributed by atoms with E-state index in [0.29, 0.717) is 12.5 Å². The van der Waals surface area contributed by atoms with Gasteiger partial charge in [0, 0.05) is 22.8 Å². The summed E-state index contributed by atoms with van der Waals surface area (Å²) in [4.78, 5) is 0. The SMILES string of the molecule is COc1ccc(C2=NN(c3ccccc3)C[N+](c3ccccc3)=N2)cc1. The van der Waals surface area contributed by atoms with Crippen molar-refractivity contribution in [3.63, 3.8) is 0 Å². The van der Waals surface area contributed by atoms with Crippen molar-refractivity contribution in [2.45, 2.75) is 0 Å². The van der Waals surface area contributed by atoms with Gasteiger partial charge in [-0.15, -0.1) is 5.10 Å². The molecule has 0 fully saturated rings. The summed E-state index contributed by atoms with van der Waals surface area (Å²) in [5.41, 5.74) is 2.98. The Morgan fingerprint density at radius 2 is 1.50 bits per heavy atom. The molecule has 5 nitrogen and oxygen atoms in total. The molecule has 0 saturated heterocycles. The fourth-order valence-corrected chi connectivity index (χ4v) is 2.77. The number of hydrogen-bond acceptors (Lipinski definition) is 4. The lowest BCUT2D eigenvalue weighted by atomic mass is 10.2. The molecule has 0 atom stereocenters. The van der Waals surface area contributed by atoms with E-state index in [9.17, 15) is 0 Å². The van der Waals surface area contributed by atoms with Crippen LogP contribution in [0.1, 0.15) is 5.56 Å². The molecule has 26 heavy (non-hydrogen) atoms. The molecule has 1 aliphatic rings. The molecule has 4 rings (SSSR count). The fourth-order valence-electron chi connectivity index (χ4n) is 2.77. The van der Waals surface area contributed by atoms with Crippen LogP contribution in [0.25, 0.3) is 0 Å². The van der Waals surface area contributed by atoms with Gasteiger partial charge in [-0.25, -0.2) is 5.01 Å². The summed E-state index contributed by atoms with van der Waals surface area (Å²) in [6.07, 6.45) is 0. The van der Waals surface area contributed by atoms with Gasteiger partial charge in [-0.3, -0.25) is 0 Å². The van der Waals surface area contributed by atoms with Gasteiger partial charge in [0.25, 0.3) is 6.67 Å². The number of benzene rings is 3. The lowest BCUT2D eigenvalue weighted by molar-refractivity contribution is -0.508. The highest BCUT2D eigenvalue weighted by Gasteiger charge is 2.25. The Kier molecular flexibility index (Phi) is 4.43. The Morgan fingerprint density at radius 3 is 2.15 bits per heavy atom. The molecule has 0 unspecified atom stereocenters. The number of para-hydroxylation sites is 2. The van der Waals surface area contributed by atoms with E-state index in [1.807, 2.05) is 94.6 Å². The monoisotopic (exact) mass is 343 g/mol. The highest BCUT2D eigenvalue weighted by molar-refractivity contribution is 5.99. The average molecular weight is 343 g/mol. The Hall–Kier alpha value is -3.47. The van der Waals surface area contributed by atoms with Gasteiger partial charge in [-0.05, 0) is 36.4 Å². The second-order valence-corrected chi connectivity index (χ2v) is 5.86. The maximum atomic E-state index is 5.25. The van der Waals surface area contributed by atoms with E-state index in [1.54, 1.807) is 7.11 Å². The summed E-state index contributed by atoms with van der Waals surface area (Å²) in [6, 6.07) is 28.0. The molecule has 1 aliphatic heterocycles. The fraction of sp³-hybridized carbons (Fsp3) is 0.0952. The van der Waals surface area contributed by atoms with Crippen LogP contribution < -0.4 is 9.75 Å². The maximum Gasteiger partial charge on any atom is 0.269 e. The third kappa shape index (κ3) is 3.32. The van der Waals surface area contributed by atoms with Crippen LogP contribution in [0.2, 0.25) is 0 Å². The number of rotatable bonds is 4. The number of hydrogen-bond donors (Lipinski definition) is 0. The summed E-state index contributed by atoms with van der Waals surface area (Å²) in [6.45, 7) is 0.549. The van der Waals surface area contributed by atoms with Crippen LogP contribution in [0.15, 0.2) is 95.1 Å². The Balaban J connectivity index is 1.76. The van der Waals surface area contributed by atoms with Crippen molar-refractivity contribution in [3.8, 4) is 5.75 Å². The number of anilines is 1. The summed E-state index contributed by atoms with van der Waals surface area (Å²) < 4.78 is 7.20. The van der Waals surface area contributed by atoms with E-state index in [0.717, 1.165) is 22.7 Å². The topological polar surface area (TPSA) is 40.2 Å². The number of azo groups is 2. The zero-order valence-corrected chi connectivity index (χ0v) is 14.5. The highest BCUT2D eigenvalue weighted by Crippen LogP contribution is 2.23. The van der Waals surface area contributed by atoms with Crippen molar-refractivity contribution in [1.29, 1.82) is 0 Å². The van der Waals surface area contributed by atoms with Gasteiger partial charge < -0.3 is 4.74 Å². The van der Waals surface area contributed by atoms with Gasteiger partial charge in [0.2, 0.25) is 11.5 Å². The van der Waals surface area contributed by atoms with E-state index >= 15 is 0 Å². The van der Waals surface area contributed by atoms with Crippen LogP contribution in [-0.4, -0.2) is 24.3 Å². The summed E-state index contributed by atoms with van der Waals surface area (Å²) in [5, 5.41) is 11.5. The molecule has 0 amide bonds. The van der Waals surface area contributed by atoms with E-state index in [1.165, 1.54) is 0 Å². The van der Waals surface area contributed by atoms with Crippen molar-refractivity contribution in [2.24, 2.45) is 10.2 Å². The molecule has 1 heterocycles. The van der Waals surface area contributed by atoms with E-state index in [2.05, 4.69) is 0 Å². The quantitative estimate of drug-likeness (QED) is 0.648. The standard InChI is InChI=1S/C21H19N4O/c1-26-20-14-12-17(13-15-20)21-22-24(18-8-4-2-5-9-18)16-25(23-21)19-10-6-3-7-11-19/h2-15H,16H2,1H3/q+1. The van der Waals surface area contributed by atoms with Crippen molar-refractivity contribution in [3.05, 3.63) is 90.5 Å². The predicted octanol–water partition coefficient (Wildman–Crippen LogP) is 4.63. The van der Waals surface area contributed by atoms with E-state index in [-0.39, 0.29) is 0 Å². The number of hydrazone groups is 1. The number of nitrogens with zero attached hydrogens (tertiary/aromatic N) is 4. The summed E-state index contributed by atoms with van der Waals surface area (Å²) in [5.74, 6) is 1.47. The third-order valence-corrected chi connectivity index (χ3v) is 4.16. The first-order valence-electron chi connectivity index (χ1n) is 8.43. The molecular weight excluding hydrogens is 324 g/mol. The summed E-state index contributed by atoms with van der Waals surface area (Å²) >= 11 is 0. The minimum atomic E-state index is 0.549. The lowest BCUT2D eigenvalue weighted by Gasteiger charge is -2.20. The Bertz CT molecular complexity index is 935. The van der Waals surface area contributed by atoms with Crippen LogP contribution in [-0.2, 0) is 0 Å². The first kappa shape index (κ1) is 16.0. The minimum Gasteiger partial charge on any atom is -0.497 e. The van der Waals surface area contributed by atoms with E-state index in [4.69, 9.17) is 15.0 Å². The highest BCUT2D eigenvalue weighted by atomic mass is 16.5. The van der Waals surface area contributed by atoms with Crippen molar-refractivity contribution >= 4 is 17.2 Å². The molecule has 0 spiro atoms. The molecule has 0 aliphatic carbocycles. The zero-order chi connectivity index (χ0) is 17.8. The van der Waals surface area contributed by atoms with Crippen LogP contribution in [0.3, 0.4) is 0 Å². The molecule has 0 radical (unpaired) electrons. The third-order valence-electron chi connectivity index (χ3n) is 4.16. The van der Waals surface area contributed by atoms with Gasteiger partial charge in [0.05, 0.1) is 12.8 Å². The number of methoxy groups -OCH3 is 1. The molecule has 0 saturated carbocycles. The number of ether oxygens (including phenoxy) is 1. The lowest BCUT2D eigenvalue weighted by Crippen LogP contribution is -2.31. The Morgan fingerprint density at radius 1 is 0.846 bits per heavy atom. The molecule has 3 aromatic rings. The predicted molar refractivity (Wildman–Crippen MR) is 102 cm³/mol. The molecule has 0 bridgehead atoms. The van der Waals surface area contributed by atoms with Crippen LogP contribution in [0.4, 0.5) is 11.4 Å². The molecule has 0 N–H and O–H groups in total. The van der Waals surface area contributed by atoms with Gasteiger partial charge in [0.15, 0.2) is 0 Å². The van der Waals surface area contributed by atoms with Crippen molar-refractivity contribution < 1.29 is 9.43 Å². The molecular formula is C21H19N4O+. The molecule has 0 aromatic heterocycles. The van der Waals surface area contributed by atoms with Gasteiger partial charge in [-0.1, -0.05) is 41.1 Å². The average Bonchev–Trinajstić information content (AvgIpc) is 2.75. The Labute approximate surface area is 152 Å². The van der Waals surface area contributed by atoms with Gasteiger partial charge in [0.1, 0.15) is 5.75 Å². The van der Waals surface area contributed by atoms with E-state index < -0.39 is 0 Å². The smallest absolute Gasteiger partial charge is 0.269 e. The van der Waals surface area contributed by atoms with Gasteiger partial charge in [-0.2, -0.15) is 0 Å². The van der Waals surface area contributed by atoms with Crippen LogP contribution in [0, 0.1) is 0 Å². The second-order valence-electron chi connectivity index (χ2n) is 5.86. The minimum absolute atomic E-state index is 0.549. The molecule has 5 heteroatoms. The second kappa shape index (κ2) is 7.19. The van der Waals surface area contributed by atoms with Crippen molar-refractivity contribution in [2.75, 3.05) is 18.8 Å². The molecule has 3 aromatic carbocycles. The first-order chi connectivity index (χ1) is 12.8. The normalized spacial score (nSPS) is 13.8. The molecule has 128 valence electrons. The first-order valence-corrected chi connectivity index (χ1v) is 8.43. The van der Waals surface area contributed by atoms with Crippen molar-refractivity contribution in [1.82, 2.24) is 0 Å². The van der Waals surface area contributed by atoms with Crippen LogP contribution in [0.5, 0.6) is 5.75 Å². The maximum absolute atomic E-state index is 5.25. The van der Waals surface area contributed by atoms with Crippen LogP contribution >= 0.6 is 0 Å². The summed E-state index contributed by atoms with van der Waals surface area (Å²) in [7, 11) is 1.66.